The van der Waals surface area contributed by atoms with Gasteiger partial charge in [0.15, 0.2) is 0 Å². The smallest absolute Gasteiger partial charge is 0.289 e. The number of nitro benzene ring substituents is 1. The quantitative estimate of drug-likeness (QED) is 0.633. The number of halogens is 1. The number of nitro groups is 1. The Balaban J connectivity index is 2.04. The molecular formula is C12H15ClN2O5S. The summed E-state index contributed by atoms with van der Waals surface area (Å²) in [5, 5.41) is 10.7. The van der Waals surface area contributed by atoms with Crippen molar-refractivity contribution in [2.45, 2.75) is 17.7 Å². The van der Waals surface area contributed by atoms with Crippen molar-refractivity contribution in [3.05, 3.63) is 33.3 Å². The van der Waals surface area contributed by atoms with Crippen LogP contribution in [0.25, 0.3) is 0 Å². The average Bonchev–Trinajstić information content (AvgIpc) is 2.91. The monoisotopic (exact) mass is 334 g/mol. The lowest BCUT2D eigenvalue weighted by Gasteiger charge is -2.09. The normalized spacial score (nSPS) is 18.8. The van der Waals surface area contributed by atoms with Crippen LogP contribution in [0.1, 0.15) is 12.8 Å². The summed E-state index contributed by atoms with van der Waals surface area (Å²) in [7, 11) is -3.78. The van der Waals surface area contributed by atoms with Crippen molar-refractivity contribution < 1.29 is 18.1 Å². The van der Waals surface area contributed by atoms with Crippen molar-refractivity contribution in [2.24, 2.45) is 5.92 Å². The summed E-state index contributed by atoms with van der Waals surface area (Å²) >= 11 is 5.66. The van der Waals surface area contributed by atoms with Crippen molar-refractivity contribution in [3.63, 3.8) is 0 Å². The van der Waals surface area contributed by atoms with Crippen LogP contribution in [0.15, 0.2) is 23.1 Å². The van der Waals surface area contributed by atoms with Gasteiger partial charge in [-0.1, -0.05) is 11.6 Å². The summed E-state index contributed by atoms with van der Waals surface area (Å²) in [6.45, 7) is 1.63. The second-order valence-electron chi connectivity index (χ2n) is 4.79. The second-order valence-corrected chi connectivity index (χ2v) is 6.96. The van der Waals surface area contributed by atoms with Gasteiger partial charge in [0.05, 0.1) is 9.82 Å². The van der Waals surface area contributed by atoms with E-state index in [1.54, 1.807) is 0 Å². The molecule has 1 aliphatic rings. The van der Waals surface area contributed by atoms with Crippen LogP contribution >= 0.6 is 11.6 Å². The number of sulfonamides is 1. The molecule has 7 nitrogen and oxygen atoms in total. The van der Waals surface area contributed by atoms with Gasteiger partial charge in [-0.3, -0.25) is 10.1 Å². The van der Waals surface area contributed by atoms with E-state index in [1.165, 1.54) is 12.1 Å². The van der Waals surface area contributed by atoms with Gasteiger partial charge in [0.25, 0.3) is 5.69 Å². The van der Waals surface area contributed by atoms with Crippen LogP contribution in [0.5, 0.6) is 0 Å². The average molecular weight is 335 g/mol. The first-order chi connectivity index (χ1) is 9.90. The summed E-state index contributed by atoms with van der Waals surface area (Å²) in [4.78, 5) is 9.90. The van der Waals surface area contributed by atoms with E-state index in [0.717, 1.165) is 12.5 Å². The van der Waals surface area contributed by atoms with Crippen LogP contribution in [-0.2, 0) is 14.8 Å². The first-order valence-corrected chi connectivity index (χ1v) is 8.27. The minimum Gasteiger partial charge on any atom is -0.381 e. The molecule has 0 radical (unpaired) electrons. The van der Waals surface area contributed by atoms with E-state index in [9.17, 15) is 18.5 Å². The molecule has 1 saturated heterocycles. The Morgan fingerprint density at radius 1 is 1.48 bits per heavy atom. The summed E-state index contributed by atoms with van der Waals surface area (Å²) in [5.41, 5.74) is -0.427. The molecule has 0 bridgehead atoms. The highest BCUT2D eigenvalue weighted by atomic mass is 35.5. The van der Waals surface area contributed by atoms with Gasteiger partial charge in [0, 0.05) is 25.8 Å². The Hall–Kier alpha value is -1.22. The van der Waals surface area contributed by atoms with Gasteiger partial charge in [0.1, 0.15) is 5.02 Å². The molecule has 1 N–H and O–H groups in total. The van der Waals surface area contributed by atoms with Gasteiger partial charge in [0.2, 0.25) is 10.0 Å². The van der Waals surface area contributed by atoms with Crippen LogP contribution in [0.3, 0.4) is 0 Å². The fourth-order valence-corrected chi connectivity index (χ4v) is 3.35. The van der Waals surface area contributed by atoms with E-state index in [1.807, 2.05) is 0 Å². The number of nitrogens with zero attached hydrogens (tertiary/aromatic N) is 1. The Bertz CT molecular complexity index is 629. The number of hydrogen-bond donors (Lipinski definition) is 1. The molecule has 1 fully saturated rings. The lowest BCUT2D eigenvalue weighted by Crippen LogP contribution is -2.26. The van der Waals surface area contributed by atoms with Crippen LogP contribution in [-0.4, -0.2) is 33.1 Å². The van der Waals surface area contributed by atoms with Crippen molar-refractivity contribution in [2.75, 3.05) is 19.8 Å². The molecule has 2 rings (SSSR count). The molecule has 1 unspecified atom stereocenters. The zero-order valence-electron chi connectivity index (χ0n) is 11.1. The van der Waals surface area contributed by atoms with Crippen molar-refractivity contribution in [3.8, 4) is 0 Å². The SMILES string of the molecule is O=[N+]([O-])c1cc(S(=O)(=O)NCCC2CCOC2)ccc1Cl. The first-order valence-electron chi connectivity index (χ1n) is 6.41. The largest absolute Gasteiger partial charge is 0.381 e. The first kappa shape index (κ1) is 16.2. The summed E-state index contributed by atoms with van der Waals surface area (Å²) < 4.78 is 31.8. The third-order valence-electron chi connectivity index (χ3n) is 3.29. The molecule has 0 spiro atoms. The van der Waals surface area contributed by atoms with E-state index in [2.05, 4.69) is 4.72 Å². The summed E-state index contributed by atoms with van der Waals surface area (Å²) in [5.74, 6) is 0.354. The minimum absolute atomic E-state index is 0.0953. The van der Waals surface area contributed by atoms with Gasteiger partial charge in [-0.05, 0) is 30.9 Å². The van der Waals surface area contributed by atoms with E-state index < -0.39 is 20.6 Å². The molecule has 0 saturated carbocycles. The fourth-order valence-electron chi connectivity index (χ4n) is 2.09. The highest BCUT2D eigenvalue weighted by Crippen LogP contribution is 2.27. The van der Waals surface area contributed by atoms with Crippen molar-refractivity contribution in [1.82, 2.24) is 4.72 Å². The van der Waals surface area contributed by atoms with Gasteiger partial charge in [-0.2, -0.15) is 0 Å². The highest BCUT2D eigenvalue weighted by Gasteiger charge is 2.21. The van der Waals surface area contributed by atoms with Crippen LogP contribution in [0, 0.1) is 16.0 Å². The van der Waals surface area contributed by atoms with Gasteiger partial charge >= 0.3 is 0 Å². The van der Waals surface area contributed by atoms with Crippen molar-refractivity contribution >= 4 is 27.3 Å². The highest BCUT2D eigenvalue weighted by molar-refractivity contribution is 7.89. The zero-order valence-corrected chi connectivity index (χ0v) is 12.7. The van der Waals surface area contributed by atoms with Gasteiger partial charge in [-0.15, -0.1) is 0 Å². The molecule has 1 aliphatic heterocycles. The third kappa shape index (κ3) is 4.13. The number of benzene rings is 1. The zero-order chi connectivity index (χ0) is 15.5. The molecule has 1 atom stereocenters. The van der Waals surface area contributed by atoms with E-state index in [4.69, 9.17) is 16.3 Å². The van der Waals surface area contributed by atoms with E-state index >= 15 is 0 Å². The Morgan fingerprint density at radius 3 is 2.86 bits per heavy atom. The number of hydrogen-bond acceptors (Lipinski definition) is 5. The number of rotatable bonds is 6. The predicted molar refractivity (Wildman–Crippen MR) is 76.8 cm³/mol. The predicted octanol–water partition coefficient (Wildman–Crippen LogP) is 1.95. The Morgan fingerprint density at radius 2 is 2.24 bits per heavy atom. The molecule has 0 aliphatic carbocycles. The lowest BCUT2D eigenvalue weighted by atomic mass is 10.1. The maximum absolute atomic E-state index is 12.1. The Labute approximate surface area is 127 Å². The number of ether oxygens (including phenoxy) is 1. The summed E-state index contributed by atoms with van der Waals surface area (Å²) in [6.07, 6.45) is 1.60. The van der Waals surface area contributed by atoms with Crippen LogP contribution in [0.2, 0.25) is 5.02 Å². The molecule has 1 aromatic rings. The molecule has 9 heteroatoms. The maximum atomic E-state index is 12.1. The number of nitrogens with one attached hydrogen (secondary N) is 1. The van der Waals surface area contributed by atoms with Crippen molar-refractivity contribution in [1.29, 1.82) is 0 Å². The molecule has 0 aromatic heterocycles. The maximum Gasteiger partial charge on any atom is 0.289 e. The standard InChI is InChI=1S/C12H15ClN2O5S/c13-11-2-1-10(7-12(11)15(16)17)21(18,19)14-5-3-9-4-6-20-8-9/h1-2,7,9,14H,3-6,8H2. The Kier molecular flexibility index (Phi) is 5.15. The second kappa shape index (κ2) is 6.69. The molecule has 1 heterocycles. The molecular weight excluding hydrogens is 320 g/mol. The van der Waals surface area contributed by atoms with Crippen LogP contribution < -0.4 is 4.72 Å². The topological polar surface area (TPSA) is 98.5 Å². The molecule has 116 valence electrons. The molecule has 0 amide bonds. The van der Waals surface area contributed by atoms with E-state index in [0.29, 0.717) is 25.6 Å². The van der Waals surface area contributed by atoms with Crippen LogP contribution in [0.4, 0.5) is 5.69 Å². The van der Waals surface area contributed by atoms with Gasteiger partial charge in [-0.25, -0.2) is 13.1 Å². The van der Waals surface area contributed by atoms with E-state index in [-0.39, 0.29) is 16.5 Å². The molecule has 1 aromatic carbocycles. The third-order valence-corrected chi connectivity index (χ3v) is 5.07. The minimum atomic E-state index is -3.78. The lowest BCUT2D eigenvalue weighted by molar-refractivity contribution is -0.384. The molecule has 21 heavy (non-hydrogen) atoms. The summed E-state index contributed by atoms with van der Waals surface area (Å²) in [6, 6.07) is 3.42. The van der Waals surface area contributed by atoms with Gasteiger partial charge < -0.3 is 4.74 Å². The fraction of sp³-hybridized carbons (Fsp3) is 0.500.